The van der Waals surface area contributed by atoms with Crippen LogP contribution in [0.3, 0.4) is 0 Å². The molecule has 0 nitrogen and oxygen atoms in total. The van der Waals surface area contributed by atoms with Gasteiger partial charge in [0.05, 0.1) is 0 Å². The minimum absolute atomic E-state index is 0. The topological polar surface area (TPSA) is 0 Å². The number of rotatable bonds is 0. The molecule has 38 valence electrons. The fourth-order valence-corrected chi connectivity index (χ4v) is 0.414. The summed E-state index contributed by atoms with van der Waals surface area (Å²) in [6.45, 7) is 3.68. The average Bonchev–Trinajstić information content (AvgIpc) is 1.86. The van der Waals surface area contributed by atoms with Crippen molar-refractivity contribution in [3.8, 4) is 0 Å². The third kappa shape index (κ3) is 1.40. The van der Waals surface area contributed by atoms with E-state index in [2.05, 4.69) is 6.58 Å². The van der Waals surface area contributed by atoms with Crippen LogP contribution < -0.4 is 0 Å². The Kier molecular flexibility index (Phi) is 2.14. The summed E-state index contributed by atoms with van der Waals surface area (Å²) >= 11 is 0. The highest BCUT2D eigenvalue weighted by Gasteiger charge is 1.80. The molecule has 0 aromatic heterocycles. The SMILES string of the molecule is C.C=C1C=CC=C1. The fourth-order valence-electron chi connectivity index (χ4n) is 0.414. The van der Waals surface area contributed by atoms with E-state index in [4.69, 9.17) is 0 Å². The van der Waals surface area contributed by atoms with Gasteiger partial charge < -0.3 is 0 Å². The molecule has 1 aliphatic carbocycles. The number of hydrogen-bond acceptors (Lipinski definition) is 0. The summed E-state index contributed by atoms with van der Waals surface area (Å²) < 4.78 is 0. The molecule has 0 radical (unpaired) electrons. The number of hydrogen-bond donors (Lipinski definition) is 0. The van der Waals surface area contributed by atoms with Gasteiger partial charge in [0.2, 0.25) is 0 Å². The van der Waals surface area contributed by atoms with Crippen LogP contribution in [0.1, 0.15) is 7.43 Å². The molecule has 1 rings (SSSR count). The zero-order valence-electron chi connectivity index (χ0n) is 3.52. The van der Waals surface area contributed by atoms with Crippen molar-refractivity contribution >= 4 is 0 Å². The van der Waals surface area contributed by atoms with Crippen LogP contribution in [-0.2, 0) is 0 Å². The van der Waals surface area contributed by atoms with E-state index in [0.29, 0.717) is 0 Å². The summed E-state index contributed by atoms with van der Waals surface area (Å²) in [6, 6.07) is 0. The van der Waals surface area contributed by atoms with Crippen LogP contribution in [0.25, 0.3) is 0 Å². The van der Waals surface area contributed by atoms with Crippen molar-refractivity contribution in [3.05, 3.63) is 36.5 Å². The van der Waals surface area contributed by atoms with E-state index in [-0.39, 0.29) is 7.43 Å². The molecule has 0 fully saturated rings. The lowest BCUT2D eigenvalue weighted by molar-refractivity contribution is 1.85. The average molecular weight is 94.2 g/mol. The molecule has 0 spiro atoms. The van der Waals surface area contributed by atoms with Gasteiger partial charge in [-0.05, 0) is 5.57 Å². The van der Waals surface area contributed by atoms with Crippen LogP contribution in [0, 0.1) is 0 Å². The van der Waals surface area contributed by atoms with Crippen LogP contribution in [0.2, 0.25) is 0 Å². The standard InChI is InChI=1S/C6H6.CH4/c1-6-4-2-3-5-6;/h2-5H,1H2;1H4. The van der Waals surface area contributed by atoms with Gasteiger partial charge in [0.25, 0.3) is 0 Å². The highest BCUT2D eigenvalue weighted by molar-refractivity contribution is 5.37. The van der Waals surface area contributed by atoms with Gasteiger partial charge in [0.15, 0.2) is 0 Å². The lowest BCUT2D eigenvalue weighted by atomic mass is 10.4. The van der Waals surface area contributed by atoms with Crippen molar-refractivity contribution in [2.45, 2.75) is 7.43 Å². The Morgan fingerprint density at radius 2 is 1.57 bits per heavy atom. The lowest BCUT2D eigenvalue weighted by Gasteiger charge is -1.71. The predicted molar refractivity (Wildman–Crippen MR) is 34.2 cm³/mol. The minimum atomic E-state index is 0. The second-order valence-corrected chi connectivity index (χ2v) is 1.29. The van der Waals surface area contributed by atoms with E-state index in [0.717, 1.165) is 5.57 Å². The Bertz CT molecular complexity index is 102. The van der Waals surface area contributed by atoms with E-state index < -0.39 is 0 Å². The van der Waals surface area contributed by atoms with Crippen molar-refractivity contribution in [3.63, 3.8) is 0 Å². The molecule has 0 aromatic rings. The van der Waals surface area contributed by atoms with Crippen LogP contribution in [-0.4, -0.2) is 0 Å². The predicted octanol–water partition coefficient (Wildman–Crippen LogP) is 2.30. The lowest BCUT2D eigenvalue weighted by Crippen LogP contribution is -1.50. The maximum absolute atomic E-state index is 3.68. The summed E-state index contributed by atoms with van der Waals surface area (Å²) in [4.78, 5) is 0. The van der Waals surface area contributed by atoms with Crippen molar-refractivity contribution < 1.29 is 0 Å². The van der Waals surface area contributed by atoms with Crippen molar-refractivity contribution in [2.75, 3.05) is 0 Å². The Labute approximate surface area is 44.9 Å². The molecule has 0 saturated carbocycles. The second-order valence-electron chi connectivity index (χ2n) is 1.29. The molecular weight excluding hydrogens is 84.1 g/mol. The third-order valence-corrected chi connectivity index (χ3v) is 0.732. The molecule has 0 atom stereocenters. The highest BCUT2D eigenvalue weighted by Crippen LogP contribution is 2.01. The molecule has 0 aliphatic heterocycles. The Hall–Kier alpha value is -0.780. The van der Waals surface area contributed by atoms with Crippen LogP contribution >= 0.6 is 0 Å². The van der Waals surface area contributed by atoms with Gasteiger partial charge in [-0.15, -0.1) is 0 Å². The van der Waals surface area contributed by atoms with E-state index >= 15 is 0 Å². The number of allylic oxidation sites excluding steroid dienone is 5. The second kappa shape index (κ2) is 2.40. The summed E-state index contributed by atoms with van der Waals surface area (Å²) in [6.07, 6.45) is 7.89. The summed E-state index contributed by atoms with van der Waals surface area (Å²) in [7, 11) is 0. The van der Waals surface area contributed by atoms with Crippen molar-refractivity contribution in [1.82, 2.24) is 0 Å². The first-order valence-corrected chi connectivity index (χ1v) is 1.93. The summed E-state index contributed by atoms with van der Waals surface area (Å²) in [5.74, 6) is 0. The van der Waals surface area contributed by atoms with Gasteiger partial charge in [-0.25, -0.2) is 0 Å². The molecule has 1 aliphatic rings. The Morgan fingerprint density at radius 3 is 1.71 bits per heavy atom. The monoisotopic (exact) mass is 94.1 g/mol. The largest absolute Gasteiger partial charge is 0.0918 e. The fraction of sp³-hybridized carbons (Fsp3) is 0.143. The van der Waals surface area contributed by atoms with Gasteiger partial charge >= 0.3 is 0 Å². The normalized spacial score (nSPS) is 14.6. The zero-order chi connectivity index (χ0) is 4.41. The first kappa shape index (κ1) is 6.22. The molecule has 0 unspecified atom stereocenters. The van der Waals surface area contributed by atoms with Gasteiger partial charge in [-0.2, -0.15) is 0 Å². The smallest absolute Gasteiger partial charge is 0.0329 e. The molecule has 0 aromatic carbocycles. The quantitative estimate of drug-likeness (QED) is 0.432. The maximum atomic E-state index is 3.68. The van der Waals surface area contributed by atoms with Crippen molar-refractivity contribution in [2.24, 2.45) is 0 Å². The first-order chi connectivity index (χ1) is 2.89. The molecular formula is C7H10. The molecule has 0 heteroatoms. The van der Waals surface area contributed by atoms with E-state index in [1.54, 1.807) is 0 Å². The van der Waals surface area contributed by atoms with Crippen molar-refractivity contribution in [1.29, 1.82) is 0 Å². The first-order valence-electron chi connectivity index (χ1n) is 1.93. The Balaban J connectivity index is 0.000000360. The molecule has 0 saturated heterocycles. The molecule has 0 bridgehead atoms. The molecule has 0 N–H and O–H groups in total. The summed E-state index contributed by atoms with van der Waals surface area (Å²) in [5, 5.41) is 0. The van der Waals surface area contributed by atoms with Gasteiger partial charge in [0, 0.05) is 0 Å². The Morgan fingerprint density at radius 1 is 1.14 bits per heavy atom. The molecule has 0 amide bonds. The molecule has 0 heterocycles. The van der Waals surface area contributed by atoms with Crippen LogP contribution in [0.4, 0.5) is 0 Å². The van der Waals surface area contributed by atoms with E-state index in [1.165, 1.54) is 0 Å². The van der Waals surface area contributed by atoms with E-state index in [9.17, 15) is 0 Å². The molecule has 7 heavy (non-hydrogen) atoms. The van der Waals surface area contributed by atoms with Gasteiger partial charge in [0.1, 0.15) is 0 Å². The van der Waals surface area contributed by atoms with E-state index in [1.807, 2.05) is 24.3 Å². The van der Waals surface area contributed by atoms with Gasteiger partial charge in [-0.3, -0.25) is 0 Å². The maximum Gasteiger partial charge on any atom is -0.0329 e. The third-order valence-electron chi connectivity index (χ3n) is 0.732. The highest BCUT2D eigenvalue weighted by atomic mass is 13.9. The zero-order valence-corrected chi connectivity index (χ0v) is 3.52. The minimum Gasteiger partial charge on any atom is -0.0918 e. The van der Waals surface area contributed by atoms with Crippen LogP contribution in [0.5, 0.6) is 0 Å². The van der Waals surface area contributed by atoms with Crippen LogP contribution in [0.15, 0.2) is 36.5 Å². The summed E-state index contributed by atoms with van der Waals surface area (Å²) in [5.41, 5.74) is 1.09. The van der Waals surface area contributed by atoms with Gasteiger partial charge in [-0.1, -0.05) is 38.3 Å².